The molecule has 0 aromatic carbocycles. The Balaban J connectivity index is 3.08. The van der Waals surface area contributed by atoms with E-state index in [0.29, 0.717) is 0 Å². The molecule has 1 aromatic rings. The molecule has 0 radical (unpaired) electrons. The van der Waals surface area contributed by atoms with Crippen LogP contribution in [0.15, 0.2) is 21.4 Å². The van der Waals surface area contributed by atoms with Gasteiger partial charge in [0.2, 0.25) is 0 Å². The van der Waals surface area contributed by atoms with Crippen molar-refractivity contribution in [2.24, 2.45) is 0 Å². The van der Waals surface area contributed by atoms with Gasteiger partial charge in [-0.25, -0.2) is 0 Å². The smallest absolute Gasteiger partial charge is 0.177 e. The second kappa shape index (κ2) is 2.23. The average Bonchev–Trinajstić information content (AvgIpc) is 2.13. The van der Waals surface area contributed by atoms with Gasteiger partial charge in [-0.1, -0.05) is 0 Å². The highest BCUT2D eigenvalue weighted by molar-refractivity contribution is 9.10. The van der Waals surface area contributed by atoms with E-state index in [0.717, 1.165) is 0 Å². The number of carbonyl (C=O) groups excluding carboxylic acids is 1. The highest BCUT2D eigenvalue weighted by atomic mass is 79.9. The summed E-state index contributed by atoms with van der Waals surface area (Å²) in [7, 11) is 0. The van der Waals surface area contributed by atoms with Crippen molar-refractivity contribution in [3.05, 3.63) is 22.6 Å². The molecule has 0 aliphatic heterocycles. The van der Waals surface area contributed by atoms with Crippen LogP contribution in [0.4, 0.5) is 0 Å². The number of carboxylic acid groups (broad SMARTS) is 1. The van der Waals surface area contributed by atoms with Crippen LogP contribution in [0.25, 0.3) is 0 Å². The Labute approximate surface area is 59.4 Å². The van der Waals surface area contributed by atoms with Gasteiger partial charge in [-0.2, -0.15) is 0 Å². The minimum Gasteiger partial charge on any atom is -0.545 e. The molecule has 0 saturated carbocycles. The van der Waals surface area contributed by atoms with Gasteiger partial charge >= 0.3 is 0 Å². The summed E-state index contributed by atoms with van der Waals surface area (Å²) in [6.45, 7) is 0. The highest BCUT2D eigenvalue weighted by Crippen LogP contribution is 2.15. The lowest BCUT2D eigenvalue weighted by atomic mass is 10.4. The third-order valence-electron chi connectivity index (χ3n) is 0.838. The normalized spacial score (nSPS) is 9.44. The van der Waals surface area contributed by atoms with Crippen LogP contribution in [-0.2, 0) is 0 Å². The van der Waals surface area contributed by atoms with Crippen molar-refractivity contribution in [1.29, 1.82) is 0 Å². The fraction of sp³-hybridized carbons (Fsp3) is 0. The lowest BCUT2D eigenvalue weighted by Crippen LogP contribution is -2.21. The Hall–Kier alpha value is -0.770. The second-order valence-electron chi connectivity index (χ2n) is 1.40. The molecule has 1 rings (SSSR count). The molecule has 1 aromatic heterocycles. The zero-order chi connectivity index (χ0) is 6.85. The van der Waals surface area contributed by atoms with Crippen molar-refractivity contribution in [3.63, 3.8) is 0 Å². The third-order valence-corrected chi connectivity index (χ3v) is 1.45. The van der Waals surface area contributed by atoms with Crippen LogP contribution in [0.3, 0.4) is 0 Å². The summed E-state index contributed by atoms with van der Waals surface area (Å²) in [5.41, 5.74) is 0.0370. The molecule has 0 atom stereocenters. The van der Waals surface area contributed by atoms with E-state index in [-0.39, 0.29) is 10.2 Å². The lowest BCUT2D eigenvalue weighted by molar-refractivity contribution is -0.255. The van der Waals surface area contributed by atoms with Gasteiger partial charge in [0, 0.05) is 0 Å². The van der Waals surface area contributed by atoms with Gasteiger partial charge in [-0.15, -0.1) is 0 Å². The number of carboxylic acids is 1. The standard InChI is InChI=1S/C5H3BrO3/c6-4-3(5(7)8)1-2-9-4/h1-2H,(H,7,8)/p-1. The molecule has 0 aliphatic carbocycles. The van der Waals surface area contributed by atoms with Crippen molar-refractivity contribution in [3.8, 4) is 0 Å². The summed E-state index contributed by atoms with van der Waals surface area (Å²) < 4.78 is 4.82. The zero-order valence-corrected chi connectivity index (χ0v) is 5.84. The van der Waals surface area contributed by atoms with E-state index in [2.05, 4.69) is 20.3 Å². The maximum absolute atomic E-state index is 10.1. The Morgan fingerprint density at radius 2 is 2.44 bits per heavy atom. The summed E-state index contributed by atoms with van der Waals surface area (Å²) in [5, 5.41) is 10.1. The summed E-state index contributed by atoms with van der Waals surface area (Å²) in [4.78, 5) is 10.1. The van der Waals surface area contributed by atoms with Crippen molar-refractivity contribution in [2.45, 2.75) is 0 Å². The first-order valence-electron chi connectivity index (χ1n) is 2.16. The summed E-state index contributed by atoms with van der Waals surface area (Å²) in [6.07, 6.45) is 1.27. The van der Waals surface area contributed by atoms with Crippen LogP contribution in [0.2, 0.25) is 0 Å². The molecule has 9 heavy (non-hydrogen) atoms. The van der Waals surface area contributed by atoms with Crippen molar-refractivity contribution >= 4 is 21.9 Å². The molecule has 0 bridgehead atoms. The van der Waals surface area contributed by atoms with Gasteiger partial charge in [0.1, 0.15) is 0 Å². The molecule has 0 spiro atoms. The monoisotopic (exact) mass is 189 g/mol. The first-order valence-corrected chi connectivity index (χ1v) is 2.95. The summed E-state index contributed by atoms with van der Waals surface area (Å²) >= 11 is 2.88. The molecule has 0 aliphatic rings. The van der Waals surface area contributed by atoms with Gasteiger partial charge in [-0.05, 0) is 22.0 Å². The first kappa shape index (κ1) is 6.35. The maximum Gasteiger partial charge on any atom is 0.177 e. The topological polar surface area (TPSA) is 53.3 Å². The van der Waals surface area contributed by atoms with E-state index in [1.54, 1.807) is 0 Å². The van der Waals surface area contributed by atoms with E-state index in [1.165, 1.54) is 12.3 Å². The number of carbonyl (C=O) groups is 1. The van der Waals surface area contributed by atoms with E-state index >= 15 is 0 Å². The third kappa shape index (κ3) is 1.13. The molecule has 1 heterocycles. The quantitative estimate of drug-likeness (QED) is 0.644. The van der Waals surface area contributed by atoms with Crippen molar-refractivity contribution in [2.75, 3.05) is 0 Å². The molecule has 0 saturated heterocycles. The molecular weight excluding hydrogens is 188 g/mol. The van der Waals surface area contributed by atoms with Crippen molar-refractivity contribution in [1.82, 2.24) is 0 Å². The van der Waals surface area contributed by atoms with E-state index < -0.39 is 5.97 Å². The van der Waals surface area contributed by atoms with Gasteiger partial charge < -0.3 is 14.3 Å². The minimum atomic E-state index is -1.24. The Morgan fingerprint density at radius 1 is 1.78 bits per heavy atom. The van der Waals surface area contributed by atoms with Crippen LogP contribution in [-0.4, -0.2) is 5.97 Å². The van der Waals surface area contributed by atoms with Crippen LogP contribution in [0.1, 0.15) is 10.4 Å². The van der Waals surface area contributed by atoms with Crippen LogP contribution in [0.5, 0.6) is 0 Å². The number of aromatic carboxylic acids is 1. The fourth-order valence-corrected chi connectivity index (χ4v) is 0.841. The Kier molecular flexibility index (Phi) is 1.57. The number of hydrogen-bond donors (Lipinski definition) is 0. The second-order valence-corrected chi connectivity index (χ2v) is 2.12. The number of rotatable bonds is 1. The summed E-state index contributed by atoms with van der Waals surface area (Å²) in [5.74, 6) is -1.24. The minimum absolute atomic E-state index is 0.0370. The van der Waals surface area contributed by atoms with Gasteiger partial charge in [0.25, 0.3) is 0 Å². The van der Waals surface area contributed by atoms with Gasteiger partial charge in [0.05, 0.1) is 17.8 Å². The molecule has 0 N–H and O–H groups in total. The van der Waals surface area contributed by atoms with Crippen molar-refractivity contribution < 1.29 is 14.3 Å². The molecule has 3 nitrogen and oxygen atoms in total. The largest absolute Gasteiger partial charge is 0.545 e. The highest BCUT2D eigenvalue weighted by Gasteiger charge is 2.00. The van der Waals surface area contributed by atoms with Crippen LogP contribution < -0.4 is 5.11 Å². The SMILES string of the molecule is O=C([O-])c1ccoc1Br. The molecule has 0 amide bonds. The van der Waals surface area contributed by atoms with E-state index in [9.17, 15) is 9.90 Å². The predicted molar refractivity (Wildman–Crippen MR) is 30.7 cm³/mol. The fourth-order valence-electron chi connectivity index (χ4n) is 0.439. The zero-order valence-electron chi connectivity index (χ0n) is 4.26. The van der Waals surface area contributed by atoms with Gasteiger partial charge in [-0.3, -0.25) is 0 Å². The maximum atomic E-state index is 10.1. The number of halogens is 1. The summed E-state index contributed by atoms with van der Waals surface area (Å²) in [6, 6.07) is 1.32. The molecule has 0 fully saturated rings. The Bertz CT molecular complexity index is 228. The van der Waals surface area contributed by atoms with Crippen LogP contribution in [0, 0.1) is 0 Å². The predicted octanol–water partition coefficient (Wildman–Crippen LogP) is 0.406. The molecule has 48 valence electrons. The molecule has 0 unspecified atom stereocenters. The van der Waals surface area contributed by atoms with E-state index in [4.69, 9.17) is 0 Å². The Morgan fingerprint density at radius 3 is 2.67 bits per heavy atom. The van der Waals surface area contributed by atoms with E-state index in [1.807, 2.05) is 0 Å². The van der Waals surface area contributed by atoms with Gasteiger partial charge in [0.15, 0.2) is 4.67 Å². The van der Waals surface area contributed by atoms with Crippen LogP contribution >= 0.6 is 15.9 Å². The molecular formula is C5H2BrO3-. The first-order chi connectivity index (χ1) is 4.22. The average molecular weight is 190 g/mol. The molecule has 4 heteroatoms. The lowest BCUT2D eigenvalue weighted by Gasteiger charge is -1.94. The number of hydrogen-bond acceptors (Lipinski definition) is 3. The number of furan rings is 1.